The third-order valence-electron chi connectivity index (χ3n) is 4.97. The van der Waals surface area contributed by atoms with Gasteiger partial charge in [0.15, 0.2) is 11.6 Å². The molecular weight excluding hydrogens is 510 g/mol. The van der Waals surface area contributed by atoms with Crippen LogP contribution in [0.15, 0.2) is 59.6 Å². The first-order chi connectivity index (χ1) is 17.2. The van der Waals surface area contributed by atoms with Gasteiger partial charge in [0.1, 0.15) is 10.0 Å². The Hall–Kier alpha value is -4.03. The van der Waals surface area contributed by atoms with Gasteiger partial charge in [-0.3, -0.25) is 14.5 Å². The van der Waals surface area contributed by atoms with Crippen molar-refractivity contribution in [2.24, 2.45) is 0 Å². The number of carbonyl (C=O) groups is 3. The molecule has 1 saturated heterocycles. The minimum Gasteiger partial charge on any atom is -0.477 e. The molecule has 0 bridgehead atoms. The van der Waals surface area contributed by atoms with Gasteiger partial charge in [-0.15, -0.1) is 0 Å². The molecule has 0 saturated carbocycles. The Balaban J connectivity index is 1.40. The highest BCUT2D eigenvalue weighted by atomic mass is 32.2. The van der Waals surface area contributed by atoms with Crippen LogP contribution in [0.2, 0.25) is 0 Å². The van der Waals surface area contributed by atoms with E-state index >= 15 is 0 Å². The van der Waals surface area contributed by atoms with Crippen molar-refractivity contribution < 1.29 is 28.3 Å². The summed E-state index contributed by atoms with van der Waals surface area (Å²) in [6, 6.07) is 11.1. The van der Waals surface area contributed by atoms with Crippen LogP contribution in [0.4, 0.5) is 14.5 Å². The Labute approximate surface area is 213 Å². The number of thioether (sulfide) groups is 1. The zero-order chi connectivity index (χ0) is 25.8. The van der Waals surface area contributed by atoms with E-state index in [-0.39, 0.29) is 28.9 Å². The van der Waals surface area contributed by atoms with Gasteiger partial charge in [0.25, 0.3) is 5.91 Å². The monoisotopic (exact) mass is 526 g/mol. The molecule has 0 radical (unpaired) electrons. The van der Waals surface area contributed by atoms with E-state index in [9.17, 15) is 23.2 Å². The Bertz CT molecular complexity index is 1410. The third-order valence-corrected chi connectivity index (χ3v) is 6.35. The first-order valence-electron chi connectivity index (χ1n) is 10.4. The van der Waals surface area contributed by atoms with Crippen molar-refractivity contribution in [3.63, 3.8) is 0 Å². The first kappa shape index (κ1) is 25.1. The number of nitrogens with zero attached hydrogens (tertiary/aromatic N) is 3. The van der Waals surface area contributed by atoms with Gasteiger partial charge in [0, 0.05) is 18.5 Å². The predicted octanol–water partition coefficient (Wildman–Crippen LogP) is 4.35. The second-order valence-electron chi connectivity index (χ2n) is 7.45. The smallest absolute Gasteiger partial charge is 0.354 e. The van der Waals surface area contributed by atoms with Crippen molar-refractivity contribution >= 4 is 57.8 Å². The number of aromatic carboxylic acids is 1. The molecule has 36 heavy (non-hydrogen) atoms. The maximum Gasteiger partial charge on any atom is 0.354 e. The van der Waals surface area contributed by atoms with Crippen LogP contribution < -0.4 is 5.32 Å². The number of carboxylic acids is 1. The van der Waals surface area contributed by atoms with Crippen molar-refractivity contribution in [3.05, 3.63) is 82.7 Å². The standard InChI is InChI=1S/C24H16F2N4O4S2/c25-16-6-4-13(10-17(16)26)18-3-1-2-14(28-18)11-20-22(32)30(24(35)36-20)9-8-21(31)29-15-5-7-19(23(33)34)27-12-15/h1-7,10-12H,8-9H2,(H,29,31)(H,33,34). The van der Waals surface area contributed by atoms with E-state index in [2.05, 4.69) is 15.3 Å². The number of benzene rings is 1. The van der Waals surface area contributed by atoms with Gasteiger partial charge in [0.05, 0.1) is 28.2 Å². The van der Waals surface area contributed by atoms with Crippen LogP contribution in [0.25, 0.3) is 17.3 Å². The molecule has 2 amide bonds. The predicted molar refractivity (Wildman–Crippen MR) is 134 cm³/mol. The summed E-state index contributed by atoms with van der Waals surface area (Å²) < 4.78 is 27.1. The largest absolute Gasteiger partial charge is 0.477 e. The minimum atomic E-state index is -1.18. The molecule has 2 N–H and O–H groups in total. The second-order valence-corrected chi connectivity index (χ2v) is 9.12. The van der Waals surface area contributed by atoms with Crippen LogP contribution in [0, 0.1) is 11.6 Å². The van der Waals surface area contributed by atoms with Crippen LogP contribution in [0.5, 0.6) is 0 Å². The molecule has 0 atom stereocenters. The van der Waals surface area contributed by atoms with Gasteiger partial charge >= 0.3 is 5.97 Å². The molecule has 1 aliphatic heterocycles. The zero-order valence-corrected chi connectivity index (χ0v) is 19.9. The molecular formula is C24H16F2N4O4S2. The number of hydrogen-bond acceptors (Lipinski definition) is 7. The van der Waals surface area contributed by atoms with E-state index in [0.29, 0.717) is 27.5 Å². The van der Waals surface area contributed by atoms with Crippen molar-refractivity contribution in [2.45, 2.75) is 6.42 Å². The van der Waals surface area contributed by atoms with Gasteiger partial charge < -0.3 is 10.4 Å². The third kappa shape index (κ3) is 5.78. The van der Waals surface area contributed by atoms with E-state index in [1.807, 2.05) is 0 Å². The fourth-order valence-corrected chi connectivity index (χ4v) is 4.50. The van der Waals surface area contributed by atoms with E-state index in [1.165, 1.54) is 29.3 Å². The number of hydrogen-bond donors (Lipinski definition) is 2. The number of carbonyl (C=O) groups excluding carboxylic acids is 2. The highest BCUT2D eigenvalue weighted by molar-refractivity contribution is 8.26. The lowest BCUT2D eigenvalue weighted by Crippen LogP contribution is -2.31. The molecule has 1 aliphatic rings. The molecule has 8 nitrogen and oxygen atoms in total. The minimum absolute atomic E-state index is 0.0385. The summed E-state index contributed by atoms with van der Waals surface area (Å²) in [6.45, 7) is 0.0385. The Morgan fingerprint density at radius 1 is 1.14 bits per heavy atom. The Morgan fingerprint density at radius 3 is 2.64 bits per heavy atom. The van der Waals surface area contributed by atoms with E-state index in [4.69, 9.17) is 17.3 Å². The maximum absolute atomic E-state index is 13.6. The maximum atomic E-state index is 13.6. The number of halogens is 2. The fraction of sp³-hybridized carbons (Fsp3) is 0.0833. The summed E-state index contributed by atoms with van der Waals surface area (Å²) in [7, 11) is 0. The number of amides is 2. The SMILES string of the molecule is O=C(CCN1C(=O)C(=Cc2cccc(-c3ccc(F)c(F)c3)n2)SC1=S)Nc1ccc(C(=O)O)nc1. The number of pyridine rings is 2. The van der Waals surface area contributed by atoms with E-state index in [0.717, 1.165) is 23.9 Å². The number of rotatable bonds is 7. The summed E-state index contributed by atoms with van der Waals surface area (Å²) >= 11 is 6.36. The average molecular weight is 527 g/mol. The van der Waals surface area contributed by atoms with Crippen LogP contribution in [0.1, 0.15) is 22.6 Å². The van der Waals surface area contributed by atoms with Crippen LogP contribution >= 0.6 is 24.0 Å². The van der Waals surface area contributed by atoms with Gasteiger partial charge in [-0.05, 0) is 48.5 Å². The number of thiocarbonyl (C=S) groups is 1. The molecule has 0 aliphatic carbocycles. The quantitative estimate of drug-likeness (QED) is 0.345. The van der Waals surface area contributed by atoms with Gasteiger partial charge in [-0.25, -0.2) is 23.5 Å². The van der Waals surface area contributed by atoms with Crippen molar-refractivity contribution in [2.75, 3.05) is 11.9 Å². The lowest BCUT2D eigenvalue weighted by molar-refractivity contribution is -0.122. The van der Waals surface area contributed by atoms with Gasteiger partial charge in [-0.1, -0.05) is 30.0 Å². The number of carboxylic acid groups (broad SMARTS) is 1. The zero-order valence-electron chi connectivity index (χ0n) is 18.3. The molecule has 3 heterocycles. The number of nitrogens with one attached hydrogen (secondary N) is 1. The molecule has 12 heteroatoms. The highest BCUT2D eigenvalue weighted by Gasteiger charge is 2.32. The van der Waals surface area contributed by atoms with E-state index in [1.54, 1.807) is 24.3 Å². The fourth-order valence-electron chi connectivity index (χ4n) is 3.21. The molecule has 4 rings (SSSR count). The Morgan fingerprint density at radius 2 is 1.94 bits per heavy atom. The van der Waals surface area contributed by atoms with Crippen LogP contribution in [-0.4, -0.2) is 48.6 Å². The van der Waals surface area contributed by atoms with Crippen molar-refractivity contribution in [1.82, 2.24) is 14.9 Å². The normalized spacial score (nSPS) is 14.4. The topological polar surface area (TPSA) is 112 Å². The number of anilines is 1. The summed E-state index contributed by atoms with van der Waals surface area (Å²) in [5, 5.41) is 11.5. The second kappa shape index (κ2) is 10.7. The van der Waals surface area contributed by atoms with Crippen molar-refractivity contribution in [3.8, 4) is 11.3 Å². The van der Waals surface area contributed by atoms with E-state index < -0.39 is 23.5 Å². The van der Waals surface area contributed by atoms with Crippen LogP contribution in [-0.2, 0) is 9.59 Å². The number of aromatic nitrogens is 2. The van der Waals surface area contributed by atoms with Crippen molar-refractivity contribution in [1.29, 1.82) is 0 Å². The summed E-state index contributed by atoms with van der Waals surface area (Å²) in [5.74, 6) is -3.91. The summed E-state index contributed by atoms with van der Waals surface area (Å²) in [4.78, 5) is 45.7. The lowest BCUT2D eigenvalue weighted by Gasteiger charge is -2.14. The van der Waals surface area contributed by atoms with Crippen LogP contribution in [0.3, 0.4) is 0 Å². The Kier molecular flexibility index (Phi) is 7.46. The van der Waals surface area contributed by atoms with Gasteiger partial charge in [0.2, 0.25) is 5.91 Å². The first-order valence-corrected chi connectivity index (χ1v) is 11.6. The molecule has 1 aromatic carbocycles. The highest BCUT2D eigenvalue weighted by Crippen LogP contribution is 2.32. The summed E-state index contributed by atoms with van der Waals surface area (Å²) in [6.07, 6.45) is 2.72. The molecule has 0 unspecified atom stereocenters. The molecule has 1 fully saturated rings. The molecule has 0 spiro atoms. The summed E-state index contributed by atoms with van der Waals surface area (Å²) in [5.41, 5.74) is 1.38. The van der Waals surface area contributed by atoms with Gasteiger partial charge in [-0.2, -0.15) is 0 Å². The molecule has 3 aromatic rings. The molecule has 2 aromatic heterocycles. The molecule has 182 valence electrons. The lowest BCUT2D eigenvalue weighted by atomic mass is 10.1. The average Bonchev–Trinajstić information content (AvgIpc) is 3.12.